The Hall–Kier alpha value is -1.22. The summed E-state index contributed by atoms with van der Waals surface area (Å²) >= 11 is 0. The van der Waals surface area contributed by atoms with E-state index in [0.29, 0.717) is 0 Å². The second kappa shape index (κ2) is 7.17. The van der Waals surface area contributed by atoms with Gasteiger partial charge in [-0.2, -0.15) is 0 Å². The molecule has 0 saturated carbocycles. The van der Waals surface area contributed by atoms with Crippen LogP contribution in [0.1, 0.15) is 32.3 Å². The first-order valence-corrected chi connectivity index (χ1v) is 6.36. The fourth-order valence-corrected chi connectivity index (χ4v) is 1.99. The molecule has 0 aliphatic carbocycles. The maximum Gasteiger partial charge on any atom is 0.120 e. The van der Waals surface area contributed by atoms with Crippen LogP contribution in [0.25, 0.3) is 0 Å². The summed E-state index contributed by atoms with van der Waals surface area (Å²) in [6.07, 6.45) is 2.35. The number of hydrogen-bond acceptors (Lipinski definition) is 3. The van der Waals surface area contributed by atoms with Gasteiger partial charge in [-0.15, -0.1) is 0 Å². The number of nitrogens with zero attached hydrogens (tertiary/aromatic N) is 1. The van der Waals surface area contributed by atoms with E-state index in [1.807, 2.05) is 12.1 Å². The summed E-state index contributed by atoms with van der Waals surface area (Å²) in [5.41, 5.74) is 8.04. The van der Waals surface area contributed by atoms with Gasteiger partial charge in [0.2, 0.25) is 0 Å². The molecule has 96 valence electrons. The molecule has 0 bridgehead atoms. The molecular weight excluding hydrogens is 212 g/mol. The number of nitrogens with two attached hydrogens (primary N) is 1. The molecule has 0 heterocycles. The zero-order chi connectivity index (χ0) is 12.7. The molecule has 0 amide bonds. The minimum absolute atomic E-state index is 0.821. The second-order valence-corrected chi connectivity index (χ2v) is 4.34. The van der Waals surface area contributed by atoms with Crippen molar-refractivity contribution in [3.05, 3.63) is 23.8 Å². The van der Waals surface area contributed by atoms with E-state index >= 15 is 0 Å². The number of ether oxygens (including phenoxy) is 1. The zero-order valence-corrected chi connectivity index (χ0v) is 11.2. The highest BCUT2D eigenvalue weighted by molar-refractivity contribution is 5.51. The highest BCUT2D eigenvalue weighted by atomic mass is 16.5. The Balaban J connectivity index is 2.71. The predicted octanol–water partition coefficient (Wildman–Crippen LogP) is 2.90. The molecule has 3 heteroatoms. The molecule has 2 N–H and O–H groups in total. The summed E-state index contributed by atoms with van der Waals surface area (Å²) in [6, 6.07) is 5.93. The molecule has 0 aliphatic heterocycles. The normalized spacial score (nSPS) is 10.8. The van der Waals surface area contributed by atoms with Crippen LogP contribution in [0, 0.1) is 0 Å². The van der Waals surface area contributed by atoms with Gasteiger partial charge in [-0.1, -0.05) is 19.9 Å². The van der Waals surface area contributed by atoms with Crippen molar-refractivity contribution >= 4 is 5.69 Å². The highest BCUT2D eigenvalue weighted by Crippen LogP contribution is 2.21. The molecule has 0 spiro atoms. The van der Waals surface area contributed by atoms with E-state index in [1.165, 1.54) is 18.4 Å². The molecule has 3 nitrogen and oxygen atoms in total. The van der Waals surface area contributed by atoms with Gasteiger partial charge >= 0.3 is 0 Å². The van der Waals surface area contributed by atoms with Gasteiger partial charge in [0.15, 0.2) is 0 Å². The predicted molar refractivity (Wildman–Crippen MR) is 73.3 cm³/mol. The Labute approximate surface area is 105 Å². The summed E-state index contributed by atoms with van der Waals surface area (Å²) in [6.45, 7) is 7.59. The van der Waals surface area contributed by atoms with Crippen molar-refractivity contribution < 1.29 is 4.74 Å². The third-order valence-electron chi connectivity index (χ3n) is 2.83. The van der Waals surface area contributed by atoms with Crippen molar-refractivity contribution in [1.82, 2.24) is 4.90 Å². The molecule has 0 saturated heterocycles. The number of benzene rings is 1. The molecule has 0 atom stereocenters. The van der Waals surface area contributed by atoms with Crippen LogP contribution in [-0.4, -0.2) is 25.1 Å². The van der Waals surface area contributed by atoms with Crippen LogP contribution in [0.15, 0.2) is 18.2 Å². The lowest BCUT2D eigenvalue weighted by molar-refractivity contribution is 0.267. The molecular formula is C14H24N2O. The first-order chi connectivity index (χ1) is 8.21. The van der Waals surface area contributed by atoms with Crippen molar-refractivity contribution in [1.29, 1.82) is 0 Å². The fourth-order valence-electron chi connectivity index (χ4n) is 1.99. The van der Waals surface area contributed by atoms with E-state index in [4.69, 9.17) is 10.5 Å². The highest BCUT2D eigenvalue weighted by Gasteiger charge is 2.07. The lowest BCUT2D eigenvalue weighted by Gasteiger charge is -2.22. The molecule has 0 radical (unpaired) electrons. The SMILES string of the molecule is CCCN(CCC)Cc1ccc(OC)cc1N. The van der Waals surface area contributed by atoms with E-state index in [9.17, 15) is 0 Å². The Morgan fingerprint density at radius 3 is 2.29 bits per heavy atom. The fraction of sp³-hybridized carbons (Fsp3) is 0.571. The Kier molecular flexibility index (Phi) is 5.84. The molecule has 0 fully saturated rings. The number of anilines is 1. The molecule has 0 unspecified atom stereocenters. The average molecular weight is 236 g/mol. The summed E-state index contributed by atoms with van der Waals surface area (Å²) in [5.74, 6) is 0.823. The van der Waals surface area contributed by atoms with E-state index in [0.717, 1.165) is 31.1 Å². The van der Waals surface area contributed by atoms with E-state index in [-0.39, 0.29) is 0 Å². The zero-order valence-electron chi connectivity index (χ0n) is 11.2. The monoisotopic (exact) mass is 236 g/mol. The molecule has 1 aromatic carbocycles. The van der Waals surface area contributed by atoms with Crippen LogP contribution < -0.4 is 10.5 Å². The molecule has 0 aliphatic rings. The standard InChI is InChI=1S/C14H24N2O/c1-4-8-16(9-5-2)11-12-6-7-13(17-3)10-14(12)15/h6-7,10H,4-5,8-9,11,15H2,1-3H3. The molecule has 0 aromatic heterocycles. The van der Waals surface area contributed by atoms with Crippen LogP contribution in [0.3, 0.4) is 0 Å². The van der Waals surface area contributed by atoms with Crippen LogP contribution in [0.5, 0.6) is 5.75 Å². The second-order valence-electron chi connectivity index (χ2n) is 4.34. The molecule has 17 heavy (non-hydrogen) atoms. The van der Waals surface area contributed by atoms with Gasteiger partial charge in [-0.3, -0.25) is 4.90 Å². The van der Waals surface area contributed by atoms with Crippen LogP contribution in [0.2, 0.25) is 0 Å². The minimum Gasteiger partial charge on any atom is -0.497 e. The Bertz CT molecular complexity index is 333. The van der Waals surface area contributed by atoms with E-state index in [2.05, 4.69) is 24.8 Å². The van der Waals surface area contributed by atoms with Gasteiger partial charge < -0.3 is 10.5 Å². The van der Waals surface area contributed by atoms with Crippen molar-refractivity contribution in [3.8, 4) is 5.75 Å². The maximum absolute atomic E-state index is 6.03. The van der Waals surface area contributed by atoms with Gasteiger partial charge in [-0.05, 0) is 37.6 Å². The number of rotatable bonds is 7. The lowest BCUT2D eigenvalue weighted by atomic mass is 10.1. The number of hydrogen-bond donors (Lipinski definition) is 1. The van der Waals surface area contributed by atoms with Gasteiger partial charge in [0, 0.05) is 18.3 Å². The summed E-state index contributed by atoms with van der Waals surface area (Å²) in [5, 5.41) is 0. The lowest BCUT2D eigenvalue weighted by Crippen LogP contribution is -2.25. The Morgan fingerprint density at radius 1 is 1.18 bits per heavy atom. The summed E-state index contributed by atoms with van der Waals surface area (Å²) < 4.78 is 5.16. The van der Waals surface area contributed by atoms with Crippen molar-refractivity contribution in [2.75, 3.05) is 25.9 Å². The Morgan fingerprint density at radius 2 is 1.82 bits per heavy atom. The van der Waals surface area contributed by atoms with Crippen LogP contribution >= 0.6 is 0 Å². The third kappa shape index (κ3) is 4.27. The topological polar surface area (TPSA) is 38.5 Å². The van der Waals surface area contributed by atoms with Gasteiger partial charge in [-0.25, -0.2) is 0 Å². The average Bonchev–Trinajstić information content (AvgIpc) is 2.32. The number of methoxy groups -OCH3 is 1. The summed E-state index contributed by atoms with van der Waals surface area (Å²) in [7, 11) is 1.66. The quantitative estimate of drug-likeness (QED) is 0.740. The maximum atomic E-state index is 6.03. The minimum atomic E-state index is 0.821. The summed E-state index contributed by atoms with van der Waals surface area (Å²) in [4.78, 5) is 2.44. The molecule has 1 aromatic rings. The first kappa shape index (κ1) is 13.8. The van der Waals surface area contributed by atoms with Gasteiger partial charge in [0.05, 0.1) is 7.11 Å². The van der Waals surface area contributed by atoms with Gasteiger partial charge in [0.25, 0.3) is 0 Å². The van der Waals surface area contributed by atoms with Crippen molar-refractivity contribution in [3.63, 3.8) is 0 Å². The van der Waals surface area contributed by atoms with Crippen molar-refractivity contribution in [2.24, 2.45) is 0 Å². The van der Waals surface area contributed by atoms with Crippen molar-refractivity contribution in [2.45, 2.75) is 33.2 Å². The number of nitrogen functional groups attached to an aromatic ring is 1. The smallest absolute Gasteiger partial charge is 0.120 e. The van der Waals surface area contributed by atoms with Crippen LogP contribution in [0.4, 0.5) is 5.69 Å². The first-order valence-electron chi connectivity index (χ1n) is 6.36. The largest absolute Gasteiger partial charge is 0.497 e. The van der Waals surface area contributed by atoms with Crippen LogP contribution in [-0.2, 0) is 6.54 Å². The van der Waals surface area contributed by atoms with Gasteiger partial charge in [0.1, 0.15) is 5.75 Å². The third-order valence-corrected chi connectivity index (χ3v) is 2.83. The molecule has 1 rings (SSSR count). The van der Waals surface area contributed by atoms with E-state index in [1.54, 1.807) is 7.11 Å². The van der Waals surface area contributed by atoms with E-state index < -0.39 is 0 Å².